The minimum absolute atomic E-state index is 0.199. The number of nitrogens with zero attached hydrogens (tertiary/aromatic N) is 4. The molecule has 1 aromatic heterocycles. The summed E-state index contributed by atoms with van der Waals surface area (Å²) in [6.07, 6.45) is 0.877. The van der Waals surface area contributed by atoms with E-state index in [4.69, 9.17) is 10.00 Å². The predicted molar refractivity (Wildman–Crippen MR) is 75.0 cm³/mol. The second kappa shape index (κ2) is 6.49. The highest BCUT2D eigenvalue weighted by molar-refractivity contribution is 5.75. The summed E-state index contributed by atoms with van der Waals surface area (Å²) < 4.78 is 5.26. The average Bonchev–Trinajstić information content (AvgIpc) is 3.02. The lowest BCUT2D eigenvalue weighted by Gasteiger charge is -2.12. The first-order valence-corrected chi connectivity index (χ1v) is 6.12. The third-order valence-electron chi connectivity index (χ3n) is 2.79. The molecule has 21 heavy (non-hydrogen) atoms. The number of H-pyrrole nitrogens is 1. The van der Waals surface area contributed by atoms with E-state index in [-0.39, 0.29) is 11.4 Å². The van der Waals surface area contributed by atoms with Crippen molar-refractivity contribution in [1.29, 1.82) is 5.26 Å². The first kappa shape index (κ1) is 14.5. The van der Waals surface area contributed by atoms with E-state index in [1.165, 1.54) is 13.3 Å². The van der Waals surface area contributed by atoms with Gasteiger partial charge >= 0.3 is 0 Å². The van der Waals surface area contributed by atoms with Gasteiger partial charge in [0.2, 0.25) is 5.82 Å². The van der Waals surface area contributed by atoms with Gasteiger partial charge in [-0.15, -0.1) is 10.2 Å². The van der Waals surface area contributed by atoms with Crippen LogP contribution >= 0.6 is 0 Å². The van der Waals surface area contributed by atoms with E-state index in [0.29, 0.717) is 11.4 Å². The summed E-state index contributed by atoms with van der Waals surface area (Å²) >= 11 is 0. The summed E-state index contributed by atoms with van der Waals surface area (Å²) in [5.74, 6) is 0.750. The molecule has 1 aromatic carbocycles. The molecule has 0 aliphatic heterocycles. The van der Waals surface area contributed by atoms with Crippen molar-refractivity contribution >= 4 is 11.3 Å². The highest BCUT2D eigenvalue weighted by Crippen LogP contribution is 2.28. The molecule has 8 heteroatoms. The van der Waals surface area contributed by atoms with Crippen molar-refractivity contribution < 1.29 is 9.84 Å². The van der Waals surface area contributed by atoms with E-state index in [2.05, 4.69) is 25.9 Å². The van der Waals surface area contributed by atoms with Crippen LogP contribution in [-0.2, 0) is 0 Å². The molecule has 3 N–H and O–H groups in total. The molecule has 0 bridgehead atoms. The van der Waals surface area contributed by atoms with Crippen LogP contribution in [0.15, 0.2) is 24.4 Å². The number of anilines is 1. The summed E-state index contributed by atoms with van der Waals surface area (Å²) in [6, 6.07) is 7.22. The van der Waals surface area contributed by atoms with Gasteiger partial charge in [0.1, 0.15) is 17.4 Å². The number of nitrogens with one attached hydrogen (secondary N) is 2. The van der Waals surface area contributed by atoms with Crippen LogP contribution in [0.25, 0.3) is 5.57 Å². The van der Waals surface area contributed by atoms with Gasteiger partial charge in [-0.05, 0) is 29.8 Å². The second-order valence-corrected chi connectivity index (χ2v) is 4.19. The number of aliphatic hydroxyl groups excluding tert-OH is 1. The number of hydrogen-bond donors (Lipinski definition) is 3. The van der Waals surface area contributed by atoms with Gasteiger partial charge in [-0.2, -0.15) is 10.5 Å². The number of aliphatic hydroxyl groups is 1. The minimum Gasteiger partial charge on any atom is -0.495 e. The lowest BCUT2D eigenvalue weighted by atomic mass is 10.1. The predicted octanol–water partition coefficient (Wildman–Crippen LogP) is 1.24. The molecule has 8 nitrogen and oxygen atoms in total. The number of allylic oxidation sites excluding steroid dienone is 1. The standard InChI is InChI=1S/C13H14N6O2/c1-8(20)9-3-4-11(12(5-9)21-2)15-7-10(6-14)13-16-18-19-17-13/h3-5,7-8,15,20H,1-2H3,(H,16,17,18,19). The molecule has 1 unspecified atom stereocenters. The fraction of sp³-hybridized carbons (Fsp3) is 0.231. The maximum Gasteiger partial charge on any atom is 0.216 e. The van der Waals surface area contributed by atoms with Crippen LogP contribution < -0.4 is 10.1 Å². The van der Waals surface area contributed by atoms with Crippen LogP contribution in [0.4, 0.5) is 5.69 Å². The zero-order valence-corrected chi connectivity index (χ0v) is 11.5. The summed E-state index contributed by atoms with van der Waals surface area (Å²) in [4.78, 5) is 0. The fourth-order valence-corrected chi connectivity index (χ4v) is 1.66. The summed E-state index contributed by atoms with van der Waals surface area (Å²) in [5.41, 5.74) is 1.61. The zero-order chi connectivity index (χ0) is 15.2. The Kier molecular flexibility index (Phi) is 4.48. The molecule has 0 radical (unpaired) electrons. The van der Waals surface area contributed by atoms with Crippen LogP contribution in [0, 0.1) is 11.3 Å². The SMILES string of the molecule is COc1cc(C(C)O)ccc1NC=C(C#N)c1nn[nH]n1. The van der Waals surface area contributed by atoms with E-state index in [0.717, 1.165) is 5.56 Å². The van der Waals surface area contributed by atoms with E-state index in [1.54, 1.807) is 25.1 Å². The largest absolute Gasteiger partial charge is 0.495 e. The normalized spacial score (nSPS) is 12.6. The first-order chi connectivity index (χ1) is 10.2. The summed E-state index contributed by atoms with van der Waals surface area (Å²) in [6.45, 7) is 1.67. The molecule has 0 fully saturated rings. The number of benzene rings is 1. The number of nitriles is 1. The number of rotatable bonds is 5. The third kappa shape index (κ3) is 3.34. The maximum atomic E-state index is 9.56. The van der Waals surface area contributed by atoms with Crippen molar-refractivity contribution in [3.8, 4) is 11.8 Å². The topological polar surface area (TPSA) is 120 Å². The quantitative estimate of drug-likeness (QED) is 0.707. The van der Waals surface area contributed by atoms with Crippen molar-refractivity contribution in [2.45, 2.75) is 13.0 Å². The maximum absolute atomic E-state index is 9.56. The number of aromatic amines is 1. The number of aromatic nitrogens is 4. The van der Waals surface area contributed by atoms with Gasteiger partial charge in [0.25, 0.3) is 0 Å². The molecule has 0 aliphatic rings. The Balaban J connectivity index is 2.25. The molecule has 0 saturated heterocycles. The van der Waals surface area contributed by atoms with Crippen molar-refractivity contribution in [1.82, 2.24) is 20.6 Å². The molecule has 0 amide bonds. The average molecular weight is 286 g/mol. The van der Waals surface area contributed by atoms with Gasteiger partial charge in [0.15, 0.2) is 0 Å². The molecular weight excluding hydrogens is 272 g/mol. The van der Waals surface area contributed by atoms with Crippen molar-refractivity contribution in [2.75, 3.05) is 12.4 Å². The smallest absolute Gasteiger partial charge is 0.216 e. The number of ether oxygens (including phenoxy) is 1. The lowest BCUT2D eigenvalue weighted by Crippen LogP contribution is -1.98. The fourth-order valence-electron chi connectivity index (χ4n) is 1.66. The number of hydrogen-bond acceptors (Lipinski definition) is 7. The van der Waals surface area contributed by atoms with Gasteiger partial charge in [-0.25, -0.2) is 0 Å². The Morgan fingerprint density at radius 1 is 1.57 bits per heavy atom. The van der Waals surface area contributed by atoms with Crippen LogP contribution in [0.5, 0.6) is 5.75 Å². The van der Waals surface area contributed by atoms with Crippen molar-refractivity contribution in [2.24, 2.45) is 0 Å². The van der Waals surface area contributed by atoms with Gasteiger partial charge in [-0.3, -0.25) is 0 Å². The third-order valence-corrected chi connectivity index (χ3v) is 2.79. The van der Waals surface area contributed by atoms with Crippen molar-refractivity contribution in [3.63, 3.8) is 0 Å². The first-order valence-electron chi connectivity index (χ1n) is 6.12. The summed E-state index contributed by atoms with van der Waals surface area (Å²) in [5, 5.41) is 34.7. The Morgan fingerprint density at radius 3 is 2.95 bits per heavy atom. The van der Waals surface area contributed by atoms with E-state index >= 15 is 0 Å². The molecular formula is C13H14N6O2. The van der Waals surface area contributed by atoms with E-state index in [1.807, 2.05) is 6.07 Å². The second-order valence-electron chi connectivity index (χ2n) is 4.19. The van der Waals surface area contributed by atoms with Crippen LogP contribution in [-0.4, -0.2) is 32.8 Å². The van der Waals surface area contributed by atoms with Crippen molar-refractivity contribution in [3.05, 3.63) is 35.8 Å². The molecule has 0 spiro atoms. The van der Waals surface area contributed by atoms with Crippen LogP contribution in [0.3, 0.4) is 0 Å². The Labute approximate surface area is 121 Å². The molecule has 2 rings (SSSR count). The molecule has 1 heterocycles. The number of tetrazole rings is 1. The van der Waals surface area contributed by atoms with Gasteiger partial charge in [-0.1, -0.05) is 6.07 Å². The van der Waals surface area contributed by atoms with Gasteiger partial charge in [0, 0.05) is 6.20 Å². The number of methoxy groups -OCH3 is 1. The molecule has 0 aliphatic carbocycles. The summed E-state index contributed by atoms with van der Waals surface area (Å²) in [7, 11) is 1.53. The van der Waals surface area contributed by atoms with E-state index in [9.17, 15) is 5.11 Å². The monoisotopic (exact) mass is 286 g/mol. The highest BCUT2D eigenvalue weighted by Gasteiger charge is 2.09. The highest BCUT2D eigenvalue weighted by atomic mass is 16.5. The van der Waals surface area contributed by atoms with Crippen LogP contribution in [0.1, 0.15) is 24.4 Å². The van der Waals surface area contributed by atoms with Crippen LogP contribution in [0.2, 0.25) is 0 Å². The Bertz CT molecular complexity index is 672. The molecule has 1 atom stereocenters. The van der Waals surface area contributed by atoms with E-state index < -0.39 is 6.10 Å². The van der Waals surface area contributed by atoms with Gasteiger partial charge in [0.05, 0.1) is 18.9 Å². The lowest BCUT2D eigenvalue weighted by molar-refractivity contribution is 0.199. The minimum atomic E-state index is -0.586. The Hall–Kier alpha value is -2.92. The zero-order valence-electron chi connectivity index (χ0n) is 11.5. The Morgan fingerprint density at radius 2 is 2.38 bits per heavy atom. The molecule has 108 valence electrons. The molecule has 2 aromatic rings. The van der Waals surface area contributed by atoms with Gasteiger partial charge < -0.3 is 15.2 Å². The molecule has 0 saturated carbocycles.